The number of carbonyl (C=O) groups is 1. The van der Waals surface area contributed by atoms with Gasteiger partial charge in [-0.3, -0.25) is 0 Å². The van der Waals surface area contributed by atoms with E-state index in [9.17, 15) is 4.79 Å². The van der Waals surface area contributed by atoms with Crippen LogP contribution in [0.1, 0.15) is 25.2 Å². The maximum atomic E-state index is 10.8. The predicted molar refractivity (Wildman–Crippen MR) is 69.8 cm³/mol. The van der Waals surface area contributed by atoms with Crippen molar-refractivity contribution in [3.05, 3.63) is 17.5 Å². The van der Waals surface area contributed by atoms with Crippen molar-refractivity contribution < 1.29 is 9.90 Å². The van der Waals surface area contributed by atoms with Crippen molar-refractivity contribution in [3.8, 4) is 0 Å². The molecule has 0 unspecified atom stereocenters. The maximum absolute atomic E-state index is 10.8. The topological polar surface area (TPSA) is 69.6 Å². The van der Waals surface area contributed by atoms with E-state index in [1.54, 1.807) is 0 Å². The fourth-order valence-corrected chi connectivity index (χ4v) is 1.66. The van der Waals surface area contributed by atoms with E-state index < -0.39 is 6.09 Å². The van der Waals surface area contributed by atoms with E-state index in [1.807, 2.05) is 31.7 Å². The van der Waals surface area contributed by atoms with Gasteiger partial charge in [-0.25, -0.2) is 14.8 Å². The summed E-state index contributed by atoms with van der Waals surface area (Å²) in [6.07, 6.45) is -0.962. The SMILES string of the molecule is CCN(CC)c1nc(C)cc(CN(C)C(=O)O)n1. The fraction of sp³-hybridized carbons (Fsp3) is 0.583. The highest BCUT2D eigenvalue weighted by molar-refractivity contribution is 5.64. The van der Waals surface area contributed by atoms with Gasteiger partial charge in [0.15, 0.2) is 0 Å². The zero-order chi connectivity index (χ0) is 13.7. The Morgan fingerprint density at radius 2 is 1.94 bits per heavy atom. The van der Waals surface area contributed by atoms with E-state index in [0.717, 1.165) is 18.8 Å². The van der Waals surface area contributed by atoms with Crippen LogP contribution in [0.2, 0.25) is 0 Å². The van der Waals surface area contributed by atoms with Gasteiger partial charge in [-0.1, -0.05) is 0 Å². The van der Waals surface area contributed by atoms with Gasteiger partial charge < -0.3 is 14.9 Å². The zero-order valence-corrected chi connectivity index (χ0v) is 11.3. The molecular weight excluding hydrogens is 232 g/mol. The van der Waals surface area contributed by atoms with E-state index in [4.69, 9.17) is 5.11 Å². The van der Waals surface area contributed by atoms with Crippen molar-refractivity contribution >= 4 is 12.0 Å². The van der Waals surface area contributed by atoms with Crippen LogP contribution in [0.25, 0.3) is 0 Å². The smallest absolute Gasteiger partial charge is 0.407 e. The Hall–Kier alpha value is -1.85. The van der Waals surface area contributed by atoms with Crippen molar-refractivity contribution in [2.75, 3.05) is 25.0 Å². The Kier molecular flexibility index (Phi) is 4.88. The lowest BCUT2D eigenvalue weighted by Crippen LogP contribution is -2.27. The van der Waals surface area contributed by atoms with Crippen LogP contribution in [-0.2, 0) is 6.54 Å². The third-order valence-electron chi connectivity index (χ3n) is 2.67. The summed E-state index contributed by atoms with van der Waals surface area (Å²) < 4.78 is 0. The van der Waals surface area contributed by atoms with Gasteiger partial charge in [0.05, 0.1) is 12.2 Å². The molecule has 0 aliphatic carbocycles. The molecule has 0 aromatic carbocycles. The Morgan fingerprint density at radius 3 is 2.44 bits per heavy atom. The minimum absolute atomic E-state index is 0.271. The Morgan fingerprint density at radius 1 is 1.33 bits per heavy atom. The highest BCUT2D eigenvalue weighted by Crippen LogP contribution is 2.11. The van der Waals surface area contributed by atoms with Crippen molar-refractivity contribution in [1.29, 1.82) is 0 Å². The van der Waals surface area contributed by atoms with E-state index in [2.05, 4.69) is 9.97 Å². The van der Waals surface area contributed by atoms with Gasteiger partial charge in [-0.2, -0.15) is 0 Å². The first-order valence-corrected chi connectivity index (χ1v) is 6.01. The zero-order valence-electron chi connectivity index (χ0n) is 11.3. The number of anilines is 1. The second kappa shape index (κ2) is 6.18. The van der Waals surface area contributed by atoms with Gasteiger partial charge in [0.25, 0.3) is 0 Å². The molecule has 1 amide bonds. The van der Waals surface area contributed by atoms with Crippen LogP contribution in [0, 0.1) is 6.92 Å². The van der Waals surface area contributed by atoms with Gasteiger partial charge in [0.2, 0.25) is 5.95 Å². The normalized spacial score (nSPS) is 10.2. The summed E-state index contributed by atoms with van der Waals surface area (Å²) in [5, 5.41) is 8.86. The fourth-order valence-electron chi connectivity index (χ4n) is 1.66. The van der Waals surface area contributed by atoms with Crippen LogP contribution < -0.4 is 4.90 Å². The van der Waals surface area contributed by atoms with E-state index >= 15 is 0 Å². The van der Waals surface area contributed by atoms with Gasteiger partial charge in [0.1, 0.15) is 0 Å². The molecule has 1 aromatic heterocycles. The van der Waals surface area contributed by atoms with Crippen molar-refractivity contribution in [2.45, 2.75) is 27.3 Å². The number of amides is 1. The summed E-state index contributed by atoms with van der Waals surface area (Å²) >= 11 is 0. The van der Waals surface area contributed by atoms with E-state index in [0.29, 0.717) is 11.6 Å². The highest BCUT2D eigenvalue weighted by atomic mass is 16.4. The molecule has 0 saturated carbocycles. The molecule has 18 heavy (non-hydrogen) atoms. The summed E-state index contributed by atoms with van der Waals surface area (Å²) in [5.74, 6) is 0.661. The van der Waals surface area contributed by atoms with Crippen molar-refractivity contribution in [3.63, 3.8) is 0 Å². The van der Waals surface area contributed by atoms with Crippen LogP contribution in [-0.4, -0.2) is 46.2 Å². The number of rotatable bonds is 5. The van der Waals surface area contributed by atoms with Gasteiger partial charge >= 0.3 is 6.09 Å². The molecule has 1 N–H and O–H groups in total. The number of hydrogen-bond donors (Lipinski definition) is 1. The summed E-state index contributed by atoms with van der Waals surface area (Å²) in [6.45, 7) is 7.89. The molecule has 1 heterocycles. The standard InChI is InChI=1S/C12H20N4O2/c1-5-16(6-2)11-13-9(3)7-10(14-11)8-15(4)12(17)18/h7H,5-6,8H2,1-4H3,(H,17,18). The molecule has 0 atom stereocenters. The highest BCUT2D eigenvalue weighted by Gasteiger charge is 2.11. The van der Waals surface area contributed by atoms with E-state index in [-0.39, 0.29) is 6.54 Å². The number of nitrogens with zero attached hydrogens (tertiary/aromatic N) is 4. The van der Waals surface area contributed by atoms with Crippen LogP contribution in [0.3, 0.4) is 0 Å². The van der Waals surface area contributed by atoms with Crippen LogP contribution in [0.15, 0.2) is 6.07 Å². The predicted octanol–water partition coefficient (Wildman–Crippen LogP) is 1.74. The molecule has 0 saturated heterocycles. The molecule has 0 spiro atoms. The first kappa shape index (κ1) is 14.2. The minimum Gasteiger partial charge on any atom is -0.465 e. The van der Waals surface area contributed by atoms with Crippen LogP contribution in [0.5, 0.6) is 0 Å². The van der Waals surface area contributed by atoms with Gasteiger partial charge in [0, 0.05) is 25.8 Å². The largest absolute Gasteiger partial charge is 0.465 e. The van der Waals surface area contributed by atoms with Crippen LogP contribution in [0.4, 0.5) is 10.7 Å². The molecule has 0 fully saturated rings. The van der Waals surface area contributed by atoms with Crippen molar-refractivity contribution in [2.24, 2.45) is 0 Å². The number of aromatic nitrogens is 2. The Labute approximate surface area is 107 Å². The first-order chi connectivity index (χ1) is 8.47. The average molecular weight is 252 g/mol. The maximum Gasteiger partial charge on any atom is 0.407 e. The van der Waals surface area contributed by atoms with Gasteiger partial charge in [-0.15, -0.1) is 0 Å². The lowest BCUT2D eigenvalue weighted by atomic mass is 10.3. The Bertz CT molecular complexity index is 419. The van der Waals surface area contributed by atoms with Crippen LogP contribution >= 0.6 is 0 Å². The first-order valence-electron chi connectivity index (χ1n) is 6.01. The molecule has 0 bridgehead atoms. The molecule has 100 valence electrons. The monoisotopic (exact) mass is 252 g/mol. The summed E-state index contributed by atoms with van der Waals surface area (Å²) in [6, 6.07) is 1.81. The molecule has 0 radical (unpaired) electrons. The molecule has 6 nitrogen and oxygen atoms in total. The molecule has 0 aliphatic heterocycles. The Balaban J connectivity index is 2.96. The number of hydrogen-bond acceptors (Lipinski definition) is 4. The molecule has 1 rings (SSSR count). The lowest BCUT2D eigenvalue weighted by Gasteiger charge is -2.20. The van der Waals surface area contributed by atoms with Crippen molar-refractivity contribution in [1.82, 2.24) is 14.9 Å². The molecular formula is C12H20N4O2. The third kappa shape index (κ3) is 3.58. The molecule has 6 heteroatoms. The number of aryl methyl sites for hydroxylation is 1. The summed E-state index contributed by atoms with van der Waals surface area (Å²) in [5.41, 5.74) is 1.56. The lowest BCUT2D eigenvalue weighted by molar-refractivity contribution is 0.153. The second-order valence-electron chi connectivity index (χ2n) is 4.11. The number of carboxylic acid groups (broad SMARTS) is 1. The summed E-state index contributed by atoms with van der Waals surface area (Å²) in [7, 11) is 1.52. The third-order valence-corrected chi connectivity index (χ3v) is 2.67. The minimum atomic E-state index is -0.962. The van der Waals surface area contributed by atoms with Gasteiger partial charge in [-0.05, 0) is 26.8 Å². The average Bonchev–Trinajstić information content (AvgIpc) is 2.29. The molecule has 1 aromatic rings. The quantitative estimate of drug-likeness (QED) is 0.864. The molecule has 0 aliphatic rings. The summed E-state index contributed by atoms with van der Waals surface area (Å²) in [4.78, 5) is 22.8. The second-order valence-corrected chi connectivity index (χ2v) is 4.11. The van der Waals surface area contributed by atoms with E-state index in [1.165, 1.54) is 11.9 Å².